The molecule has 1 saturated heterocycles. The first-order valence-electron chi connectivity index (χ1n) is 6.90. The van der Waals surface area contributed by atoms with Crippen LogP contribution in [0, 0.1) is 25.1 Å². The Morgan fingerprint density at radius 3 is 2.00 bits per heavy atom. The van der Waals surface area contributed by atoms with Crippen LogP contribution in [0.1, 0.15) is 37.8 Å². The van der Waals surface area contributed by atoms with E-state index in [1.807, 2.05) is 0 Å². The average molecular weight is 299 g/mol. The third kappa shape index (κ3) is 2.88. The predicted molar refractivity (Wildman–Crippen MR) is 77.6 cm³/mol. The van der Waals surface area contributed by atoms with Gasteiger partial charge in [-0.05, 0) is 55.4 Å². The van der Waals surface area contributed by atoms with Crippen LogP contribution in [0.5, 0.6) is 0 Å². The number of piperidine rings is 1. The van der Waals surface area contributed by atoms with E-state index < -0.39 is 15.8 Å². The molecule has 1 aliphatic heterocycles. The first-order valence-corrected chi connectivity index (χ1v) is 8.34. The lowest BCUT2D eigenvalue weighted by molar-refractivity contribution is 0.195. The van der Waals surface area contributed by atoms with Gasteiger partial charge in [0.05, 0.1) is 4.90 Å². The zero-order chi connectivity index (χ0) is 15.1. The molecule has 1 aromatic rings. The van der Waals surface area contributed by atoms with Gasteiger partial charge >= 0.3 is 0 Å². The van der Waals surface area contributed by atoms with Crippen LogP contribution in [0.15, 0.2) is 17.0 Å². The van der Waals surface area contributed by atoms with Crippen LogP contribution in [0.3, 0.4) is 0 Å². The number of hydrogen-bond donors (Lipinski definition) is 0. The molecule has 0 saturated carbocycles. The lowest BCUT2D eigenvalue weighted by Crippen LogP contribution is -2.41. The first kappa shape index (κ1) is 15.4. The zero-order valence-corrected chi connectivity index (χ0v) is 13.3. The summed E-state index contributed by atoms with van der Waals surface area (Å²) in [7, 11) is -3.52. The lowest BCUT2D eigenvalue weighted by Gasteiger charge is -2.36. The van der Waals surface area contributed by atoms with Crippen molar-refractivity contribution in [3.8, 4) is 0 Å². The van der Waals surface area contributed by atoms with Crippen LogP contribution in [0.25, 0.3) is 0 Å². The number of hydrogen-bond acceptors (Lipinski definition) is 2. The smallest absolute Gasteiger partial charge is 0.207 e. The van der Waals surface area contributed by atoms with Crippen molar-refractivity contribution in [2.45, 2.75) is 45.4 Å². The molecule has 5 heteroatoms. The number of rotatable bonds is 2. The number of nitrogens with zero attached hydrogens (tertiary/aromatic N) is 1. The number of halogens is 1. The lowest BCUT2D eigenvalue weighted by atomic mass is 9.83. The Hall–Kier alpha value is -0.940. The summed E-state index contributed by atoms with van der Waals surface area (Å²) in [6.07, 6.45) is 1.71. The van der Waals surface area contributed by atoms with Crippen molar-refractivity contribution in [1.82, 2.24) is 4.31 Å². The zero-order valence-electron chi connectivity index (χ0n) is 12.5. The van der Waals surface area contributed by atoms with Crippen molar-refractivity contribution < 1.29 is 12.8 Å². The molecule has 1 heterocycles. The van der Waals surface area contributed by atoms with Crippen LogP contribution >= 0.6 is 0 Å². The first-order chi connectivity index (χ1) is 9.13. The van der Waals surface area contributed by atoms with E-state index in [9.17, 15) is 12.8 Å². The molecule has 0 spiro atoms. The van der Waals surface area contributed by atoms with Crippen molar-refractivity contribution in [3.63, 3.8) is 0 Å². The number of sulfonamides is 1. The molecule has 0 N–H and O–H groups in total. The molecule has 0 aromatic heterocycles. The van der Waals surface area contributed by atoms with E-state index in [2.05, 4.69) is 13.8 Å². The monoisotopic (exact) mass is 299 g/mol. The van der Waals surface area contributed by atoms with Crippen LogP contribution in [-0.2, 0) is 10.0 Å². The maximum absolute atomic E-state index is 13.3. The molecule has 0 bridgehead atoms. The highest BCUT2D eigenvalue weighted by Gasteiger charge is 2.34. The SMILES string of the molecule is Cc1cc(F)cc(C)c1S(=O)(=O)N1CCC(C)(C)CC1. The molecule has 0 amide bonds. The normalized spacial score (nSPS) is 20.1. The summed E-state index contributed by atoms with van der Waals surface area (Å²) in [6, 6.07) is 2.57. The summed E-state index contributed by atoms with van der Waals surface area (Å²) in [4.78, 5) is 0.263. The third-order valence-corrected chi connectivity index (χ3v) is 6.30. The minimum absolute atomic E-state index is 0.193. The van der Waals surface area contributed by atoms with Gasteiger partial charge in [0.2, 0.25) is 10.0 Å². The average Bonchev–Trinajstić information content (AvgIpc) is 2.26. The molecular weight excluding hydrogens is 277 g/mol. The van der Waals surface area contributed by atoms with E-state index in [1.165, 1.54) is 16.4 Å². The van der Waals surface area contributed by atoms with E-state index >= 15 is 0 Å². The van der Waals surface area contributed by atoms with Gasteiger partial charge in [0, 0.05) is 13.1 Å². The Bertz CT molecular complexity index is 590. The number of benzene rings is 1. The highest BCUT2D eigenvalue weighted by molar-refractivity contribution is 7.89. The predicted octanol–water partition coefficient (Wildman–Crippen LogP) is 3.25. The molecule has 20 heavy (non-hydrogen) atoms. The Morgan fingerprint density at radius 1 is 1.10 bits per heavy atom. The Kier molecular flexibility index (Phi) is 3.95. The molecule has 0 atom stereocenters. The Labute approximate surface area is 120 Å². The molecular formula is C15H22FNO2S. The molecule has 1 aliphatic rings. The highest BCUT2D eigenvalue weighted by Crippen LogP contribution is 2.33. The van der Waals surface area contributed by atoms with Gasteiger partial charge in [0.25, 0.3) is 0 Å². The molecule has 112 valence electrons. The van der Waals surface area contributed by atoms with Crippen molar-refractivity contribution in [2.24, 2.45) is 5.41 Å². The minimum atomic E-state index is -3.52. The second-order valence-corrected chi connectivity index (χ2v) is 8.31. The maximum Gasteiger partial charge on any atom is 0.243 e. The van der Waals surface area contributed by atoms with E-state index in [1.54, 1.807) is 13.8 Å². The van der Waals surface area contributed by atoms with E-state index in [0.717, 1.165) is 12.8 Å². The van der Waals surface area contributed by atoms with Gasteiger partial charge in [-0.25, -0.2) is 12.8 Å². The van der Waals surface area contributed by atoms with Crippen LogP contribution < -0.4 is 0 Å². The van der Waals surface area contributed by atoms with Crippen LogP contribution in [0.2, 0.25) is 0 Å². The molecule has 2 rings (SSSR count). The van der Waals surface area contributed by atoms with Crippen LogP contribution in [-0.4, -0.2) is 25.8 Å². The van der Waals surface area contributed by atoms with Gasteiger partial charge in [0.1, 0.15) is 5.82 Å². The summed E-state index contributed by atoms with van der Waals surface area (Å²) >= 11 is 0. The van der Waals surface area contributed by atoms with Crippen molar-refractivity contribution >= 4 is 10.0 Å². The second kappa shape index (κ2) is 5.11. The molecule has 3 nitrogen and oxygen atoms in total. The molecule has 0 unspecified atom stereocenters. The van der Waals surface area contributed by atoms with Crippen molar-refractivity contribution in [1.29, 1.82) is 0 Å². The van der Waals surface area contributed by atoms with E-state index in [0.29, 0.717) is 24.2 Å². The topological polar surface area (TPSA) is 37.4 Å². The Balaban J connectivity index is 2.37. The summed E-state index contributed by atoms with van der Waals surface area (Å²) in [5, 5.41) is 0. The number of aryl methyl sites for hydroxylation is 2. The van der Waals surface area contributed by atoms with Gasteiger partial charge in [-0.3, -0.25) is 0 Å². The van der Waals surface area contributed by atoms with Crippen molar-refractivity contribution in [3.05, 3.63) is 29.1 Å². The van der Waals surface area contributed by atoms with Gasteiger partial charge in [-0.15, -0.1) is 0 Å². The molecule has 1 aromatic carbocycles. The second-order valence-electron chi connectivity index (χ2n) is 6.44. The third-order valence-electron chi connectivity index (χ3n) is 4.10. The summed E-state index contributed by atoms with van der Waals surface area (Å²) < 4.78 is 40.4. The van der Waals surface area contributed by atoms with Gasteiger partial charge in [0.15, 0.2) is 0 Å². The van der Waals surface area contributed by atoms with Crippen molar-refractivity contribution in [2.75, 3.05) is 13.1 Å². The maximum atomic E-state index is 13.3. The van der Waals surface area contributed by atoms with Gasteiger partial charge in [-0.2, -0.15) is 4.31 Å². The minimum Gasteiger partial charge on any atom is -0.207 e. The largest absolute Gasteiger partial charge is 0.243 e. The summed E-state index contributed by atoms with van der Waals surface area (Å²) in [6.45, 7) is 8.68. The fraction of sp³-hybridized carbons (Fsp3) is 0.600. The fourth-order valence-electron chi connectivity index (χ4n) is 2.77. The molecule has 0 radical (unpaired) electrons. The van der Waals surface area contributed by atoms with E-state index in [-0.39, 0.29) is 10.3 Å². The standard InChI is InChI=1S/C15H22FNO2S/c1-11-9-13(16)10-12(2)14(11)20(18,19)17-7-5-15(3,4)6-8-17/h9-10H,5-8H2,1-4H3. The van der Waals surface area contributed by atoms with Crippen LogP contribution in [0.4, 0.5) is 4.39 Å². The molecule has 0 aliphatic carbocycles. The fourth-order valence-corrected chi connectivity index (χ4v) is 4.62. The van der Waals surface area contributed by atoms with Gasteiger partial charge < -0.3 is 0 Å². The summed E-state index contributed by atoms with van der Waals surface area (Å²) in [5.74, 6) is -0.390. The van der Waals surface area contributed by atoms with Gasteiger partial charge in [-0.1, -0.05) is 13.8 Å². The highest BCUT2D eigenvalue weighted by atomic mass is 32.2. The van der Waals surface area contributed by atoms with E-state index in [4.69, 9.17) is 0 Å². The quantitative estimate of drug-likeness (QED) is 0.840. The summed E-state index contributed by atoms with van der Waals surface area (Å²) in [5.41, 5.74) is 1.15. The molecule has 1 fully saturated rings. The Morgan fingerprint density at radius 2 is 1.55 bits per heavy atom.